The number of rotatable bonds is 7. The molecule has 28 heavy (non-hydrogen) atoms. The number of nitrogens with zero attached hydrogens (tertiary/aromatic N) is 1. The first-order valence-electron chi connectivity index (χ1n) is 8.76. The number of phenolic OH excluding ortho intramolecular Hbond substituents is 1. The van der Waals surface area contributed by atoms with E-state index in [1.165, 1.54) is 11.0 Å². The molecule has 0 saturated carbocycles. The lowest BCUT2D eigenvalue weighted by molar-refractivity contribution is -0.111. The van der Waals surface area contributed by atoms with Crippen molar-refractivity contribution in [3.63, 3.8) is 0 Å². The Bertz CT molecular complexity index is 1030. The molecular weight excluding hydrogens is 380 g/mol. The number of benzene rings is 2. The first-order chi connectivity index (χ1) is 13.5. The molecule has 8 heteroatoms. The molecule has 1 aromatic heterocycles. The number of aromatic amines is 1. The normalized spacial score (nSPS) is 11.9. The van der Waals surface area contributed by atoms with Crippen LogP contribution in [0.15, 0.2) is 47.3 Å². The van der Waals surface area contributed by atoms with E-state index in [-0.39, 0.29) is 23.8 Å². The van der Waals surface area contributed by atoms with Crippen molar-refractivity contribution in [3.05, 3.63) is 63.3 Å². The lowest BCUT2D eigenvalue weighted by Crippen LogP contribution is -2.41. The van der Waals surface area contributed by atoms with E-state index in [4.69, 9.17) is 4.74 Å². The fraction of sp³-hybridized carbons (Fsp3) is 0.250. The maximum absolute atomic E-state index is 12.5. The quantitative estimate of drug-likeness (QED) is 0.594. The van der Waals surface area contributed by atoms with Crippen LogP contribution < -0.4 is 4.87 Å². The lowest BCUT2D eigenvalue weighted by atomic mass is 10.1. The lowest BCUT2D eigenvalue weighted by Gasteiger charge is -2.25. The van der Waals surface area contributed by atoms with E-state index in [1.807, 2.05) is 30.3 Å². The van der Waals surface area contributed by atoms with Crippen LogP contribution in [0.1, 0.15) is 18.1 Å². The summed E-state index contributed by atoms with van der Waals surface area (Å²) in [4.78, 5) is 39.1. The molecule has 1 unspecified atom stereocenters. The third kappa shape index (κ3) is 4.40. The van der Waals surface area contributed by atoms with Crippen LogP contribution in [0.5, 0.6) is 5.75 Å². The number of nitrogens with one attached hydrogen (secondary N) is 1. The van der Waals surface area contributed by atoms with Crippen LogP contribution in [0.2, 0.25) is 0 Å². The van der Waals surface area contributed by atoms with Crippen molar-refractivity contribution in [2.75, 3.05) is 6.54 Å². The van der Waals surface area contributed by atoms with Crippen molar-refractivity contribution >= 4 is 33.9 Å². The molecule has 0 radical (unpaired) electrons. The number of aldehydes is 1. The number of ether oxygens (including phenoxy) is 1. The van der Waals surface area contributed by atoms with Crippen molar-refractivity contribution in [1.29, 1.82) is 0 Å². The van der Waals surface area contributed by atoms with Gasteiger partial charge in [0.15, 0.2) is 0 Å². The van der Waals surface area contributed by atoms with Gasteiger partial charge in [0.25, 0.3) is 0 Å². The summed E-state index contributed by atoms with van der Waals surface area (Å²) in [7, 11) is 0. The van der Waals surface area contributed by atoms with E-state index in [0.717, 1.165) is 22.5 Å². The molecule has 0 spiro atoms. The average Bonchev–Trinajstić information content (AvgIpc) is 3.11. The van der Waals surface area contributed by atoms with Gasteiger partial charge in [0, 0.05) is 6.54 Å². The molecule has 1 heterocycles. The number of aromatic hydroxyl groups is 1. The summed E-state index contributed by atoms with van der Waals surface area (Å²) in [5, 5.41) is 9.88. The van der Waals surface area contributed by atoms with Crippen molar-refractivity contribution in [3.8, 4) is 5.75 Å². The van der Waals surface area contributed by atoms with Crippen LogP contribution >= 0.6 is 11.3 Å². The number of thiazole rings is 1. The Morgan fingerprint density at radius 2 is 2.04 bits per heavy atom. The van der Waals surface area contributed by atoms with Gasteiger partial charge in [-0.2, -0.15) is 0 Å². The summed E-state index contributed by atoms with van der Waals surface area (Å²) in [5.41, 5.74) is 2.04. The number of phenols is 1. The summed E-state index contributed by atoms with van der Waals surface area (Å²) < 4.78 is 5.99. The maximum atomic E-state index is 12.5. The molecule has 2 N–H and O–H groups in total. The monoisotopic (exact) mass is 400 g/mol. The van der Waals surface area contributed by atoms with Gasteiger partial charge in [-0.15, -0.1) is 0 Å². The van der Waals surface area contributed by atoms with Gasteiger partial charge in [0.05, 0.1) is 10.7 Å². The van der Waals surface area contributed by atoms with E-state index >= 15 is 0 Å². The molecule has 0 aliphatic heterocycles. The minimum atomic E-state index is -0.652. The van der Waals surface area contributed by atoms with Gasteiger partial charge in [-0.1, -0.05) is 47.7 Å². The standard InChI is InChI=1S/C20H20N2O5S/c1-13(11-23)22(20(26)27-12-14-5-3-2-4-6-14)10-9-15-7-8-16(24)17-18(15)28-19(25)21-17/h2-8,11,13,24H,9-10,12H2,1H3,(H,21,25). The number of carbonyl (C=O) groups excluding carboxylic acids is 2. The molecule has 2 aromatic carbocycles. The Morgan fingerprint density at radius 3 is 2.75 bits per heavy atom. The number of hydrogen-bond donors (Lipinski definition) is 2. The fourth-order valence-corrected chi connectivity index (χ4v) is 3.75. The van der Waals surface area contributed by atoms with E-state index < -0.39 is 12.1 Å². The number of amides is 1. The summed E-state index contributed by atoms with van der Waals surface area (Å²) in [6, 6.07) is 11.8. The topological polar surface area (TPSA) is 99.7 Å². The van der Waals surface area contributed by atoms with Gasteiger partial charge in [0.2, 0.25) is 0 Å². The Hall–Kier alpha value is -3.13. The van der Waals surface area contributed by atoms with Gasteiger partial charge < -0.3 is 19.6 Å². The molecular formula is C20H20N2O5S. The van der Waals surface area contributed by atoms with E-state index in [2.05, 4.69) is 4.98 Å². The highest BCUT2D eigenvalue weighted by Gasteiger charge is 2.22. The van der Waals surface area contributed by atoms with Crippen molar-refractivity contribution < 1.29 is 19.4 Å². The summed E-state index contributed by atoms with van der Waals surface area (Å²) >= 11 is 0.999. The second kappa shape index (κ2) is 8.71. The molecule has 0 aliphatic rings. The van der Waals surface area contributed by atoms with Gasteiger partial charge in [-0.3, -0.25) is 9.69 Å². The Balaban J connectivity index is 1.72. The van der Waals surface area contributed by atoms with Gasteiger partial charge in [0.1, 0.15) is 24.2 Å². The fourth-order valence-electron chi connectivity index (χ4n) is 2.85. The first-order valence-corrected chi connectivity index (χ1v) is 9.57. The number of H-pyrrole nitrogens is 1. The Labute approximate surface area is 165 Å². The molecule has 1 amide bonds. The largest absolute Gasteiger partial charge is 0.506 e. The predicted octanol–water partition coefficient (Wildman–Crippen LogP) is 3.06. The summed E-state index contributed by atoms with van der Waals surface area (Å²) in [6.45, 7) is 1.97. The zero-order chi connectivity index (χ0) is 20.1. The molecule has 0 bridgehead atoms. The highest BCUT2D eigenvalue weighted by Crippen LogP contribution is 2.28. The zero-order valence-electron chi connectivity index (χ0n) is 15.3. The molecule has 7 nitrogen and oxygen atoms in total. The molecule has 0 aliphatic carbocycles. The minimum absolute atomic E-state index is 0.00233. The molecule has 0 saturated heterocycles. The SMILES string of the molecule is CC(C=O)N(CCc1ccc(O)c2[nH]c(=O)sc12)C(=O)OCc1ccccc1. The van der Waals surface area contributed by atoms with Crippen molar-refractivity contribution in [2.45, 2.75) is 26.0 Å². The number of aromatic nitrogens is 1. The third-order valence-electron chi connectivity index (χ3n) is 4.39. The van der Waals surface area contributed by atoms with Crippen LogP contribution in [0.3, 0.4) is 0 Å². The van der Waals surface area contributed by atoms with Crippen LogP contribution in [0.4, 0.5) is 4.79 Å². The van der Waals surface area contributed by atoms with E-state index in [9.17, 15) is 19.5 Å². The molecule has 1 atom stereocenters. The zero-order valence-corrected chi connectivity index (χ0v) is 16.1. The molecule has 3 aromatic rings. The number of fused-ring (bicyclic) bond motifs is 1. The van der Waals surface area contributed by atoms with Crippen LogP contribution in [-0.4, -0.2) is 40.0 Å². The van der Waals surface area contributed by atoms with Crippen LogP contribution in [-0.2, 0) is 22.6 Å². The van der Waals surface area contributed by atoms with E-state index in [1.54, 1.807) is 13.0 Å². The third-order valence-corrected chi connectivity index (χ3v) is 5.35. The van der Waals surface area contributed by atoms with Crippen molar-refractivity contribution in [2.24, 2.45) is 0 Å². The predicted molar refractivity (Wildman–Crippen MR) is 107 cm³/mol. The summed E-state index contributed by atoms with van der Waals surface area (Å²) in [6.07, 6.45) is 0.509. The molecule has 3 rings (SSSR count). The molecule has 0 fully saturated rings. The second-order valence-corrected chi connectivity index (χ2v) is 7.31. The number of carbonyl (C=O) groups is 2. The smallest absolute Gasteiger partial charge is 0.410 e. The Morgan fingerprint density at radius 1 is 1.29 bits per heavy atom. The van der Waals surface area contributed by atoms with Gasteiger partial charge in [-0.05, 0) is 30.5 Å². The average molecular weight is 400 g/mol. The molecule has 146 valence electrons. The summed E-state index contributed by atoms with van der Waals surface area (Å²) in [5.74, 6) is -0.00233. The highest BCUT2D eigenvalue weighted by atomic mass is 32.1. The van der Waals surface area contributed by atoms with Crippen LogP contribution in [0, 0.1) is 0 Å². The van der Waals surface area contributed by atoms with Crippen LogP contribution in [0.25, 0.3) is 10.2 Å². The van der Waals surface area contributed by atoms with Gasteiger partial charge >= 0.3 is 11.0 Å². The highest BCUT2D eigenvalue weighted by molar-refractivity contribution is 7.16. The maximum Gasteiger partial charge on any atom is 0.410 e. The number of hydrogen-bond acceptors (Lipinski definition) is 6. The van der Waals surface area contributed by atoms with E-state index in [0.29, 0.717) is 22.9 Å². The Kier molecular flexibility index (Phi) is 6.10. The van der Waals surface area contributed by atoms with Gasteiger partial charge in [-0.25, -0.2) is 4.79 Å². The first kappa shape index (κ1) is 19.6. The minimum Gasteiger partial charge on any atom is -0.506 e. The second-order valence-electron chi connectivity index (χ2n) is 6.32. The van der Waals surface area contributed by atoms with Crippen molar-refractivity contribution in [1.82, 2.24) is 9.88 Å².